The molecule has 2 aromatic heterocycles. The van der Waals surface area contributed by atoms with Gasteiger partial charge in [0.05, 0.1) is 5.69 Å². The van der Waals surface area contributed by atoms with Crippen LogP contribution < -0.4 is 5.32 Å². The second-order valence-electron chi connectivity index (χ2n) is 3.93. The van der Waals surface area contributed by atoms with Gasteiger partial charge in [-0.25, -0.2) is 9.78 Å². The number of thiazole rings is 1. The Morgan fingerprint density at radius 1 is 1.63 bits per heavy atom. The Bertz CT molecular complexity index is 564. The number of hydrogen-bond acceptors (Lipinski definition) is 5. The molecule has 0 saturated carbocycles. The number of nitrogens with zero attached hydrogens (tertiary/aromatic N) is 2. The summed E-state index contributed by atoms with van der Waals surface area (Å²) in [4.78, 5) is 27.1. The smallest absolute Gasteiger partial charge is 0.327 e. The van der Waals surface area contributed by atoms with E-state index in [9.17, 15) is 9.59 Å². The Kier molecular flexibility index (Phi) is 4.43. The lowest BCUT2D eigenvalue weighted by molar-refractivity contribution is -0.140. The number of carboxylic acid groups (broad SMARTS) is 1. The zero-order chi connectivity index (χ0) is 13.8. The Labute approximate surface area is 117 Å². The number of thioether (sulfide) groups is 1. The second kappa shape index (κ2) is 6.07. The number of carbonyl (C=O) groups is 2. The Morgan fingerprint density at radius 2 is 2.42 bits per heavy atom. The van der Waals surface area contributed by atoms with Gasteiger partial charge in [-0.3, -0.25) is 9.20 Å². The summed E-state index contributed by atoms with van der Waals surface area (Å²) in [5, 5.41) is 13.3. The molecule has 0 bridgehead atoms. The van der Waals surface area contributed by atoms with E-state index in [-0.39, 0.29) is 5.91 Å². The van der Waals surface area contributed by atoms with Crippen molar-refractivity contribution in [3.8, 4) is 0 Å². The van der Waals surface area contributed by atoms with Crippen molar-refractivity contribution in [3.63, 3.8) is 0 Å². The van der Waals surface area contributed by atoms with Gasteiger partial charge in [-0.15, -0.1) is 11.3 Å². The first kappa shape index (κ1) is 13.9. The number of nitrogens with one attached hydrogen (secondary N) is 1. The van der Waals surface area contributed by atoms with Crippen molar-refractivity contribution in [3.05, 3.63) is 23.5 Å². The van der Waals surface area contributed by atoms with E-state index in [4.69, 9.17) is 5.11 Å². The highest BCUT2D eigenvalue weighted by molar-refractivity contribution is 7.98. The Balaban J connectivity index is 1.86. The zero-order valence-electron chi connectivity index (χ0n) is 10.2. The molecule has 2 N–H and O–H groups in total. The van der Waals surface area contributed by atoms with Gasteiger partial charge < -0.3 is 10.4 Å². The highest BCUT2D eigenvalue weighted by Gasteiger charge is 2.18. The standard InChI is InChI=1S/C11H13N3O3S2/c1-7(15)12-9(10(16)17)6-18-5-8-4-14-2-3-19-11(14)13-8/h2-4,9H,5-6H2,1H3,(H,12,15)(H,16,17). The van der Waals surface area contributed by atoms with Crippen LogP contribution in [0.25, 0.3) is 4.96 Å². The van der Waals surface area contributed by atoms with Gasteiger partial charge in [0.15, 0.2) is 4.96 Å². The highest BCUT2D eigenvalue weighted by Crippen LogP contribution is 2.16. The highest BCUT2D eigenvalue weighted by atomic mass is 32.2. The fourth-order valence-electron chi connectivity index (χ4n) is 1.55. The van der Waals surface area contributed by atoms with Crippen molar-refractivity contribution in [2.24, 2.45) is 0 Å². The largest absolute Gasteiger partial charge is 0.480 e. The van der Waals surface area contributed by atoms with E-state index in [1.807, 2.05) is 22.2 Å². The fraction of sp³-hybridized carbons (Fsp3) is 0.364. The van der Waals surface area contributed by atoms with Crippen LogP contribution >= 0.6 is 23.1 Å². The minimum atomic E-state index is -1.02. The number of carboxylic acids is 1. The number of aromatic nitrogens is 2. The molecule has 2 aromatic rings. The summed E-state index contributed by atoms with van der Waals surface area (Å²) in [5.74, 6) is -0.415. The van der Waals surface area contributed by atoms with Crippen molar-refractivity contribution in [2.75, 3.05) is 5.75 Å². The van der Waals surface area contributed by atoms with Crippen LogP contribution in [0.15, 0.2) is 17.8 Å². The second-order valence-corrected chi connectivity index (χ2v) is 5.83. The van der Waals surface area contributed by atoms with Crippen LogP contribution in [-0.2, 0) is 15.3 Å². The van der Waals surface area contributed by atoms with Crippen LogP contribution in [0.2, 0.25) is 0 Å². The quantitative estimate of drug-likeness (QED) is 0.838. The maximum absolute atomic E-state index is 10.9. The number of fused-ring (bicyclic) bond motifs is 1. The van der Waals surface area contributed by atoms with Crippen LogP contribution in [-0.4, -0.2) is 38.2 Å². The van der Waals surface area contributed by atoms with E-state index >= 15 is 0 Å². The van der Waals surface area contributed by atoms with Gasteiger partial charge in [0.25, 0.3) is 0 Å². The molecule has 6 nitrogen and oxygen atoms in total. The van der Waals surface area contributed by atoms with Gasteiger partial charge in [-0.05, 0) is 0 Å². The third-order valence-electron chi connectivity index (χ3n) is 2.35. The van der Waals surface area contributed by atoms with Crippen molar-refractivity contribution in [1.29, 1.82) is 0 Å². The van der Waals surface area contributed by atoms with Crippen LogP contribution in [0, 0.1) is 0 Å². The summed E-state index contributed by atoms with van der Waals surface area (Å²) in [6.45, 7) is 1.31. The van der Waals surface area contributed by atoms with Crippen LogP contribution in [0.4, 0.5) is 0 Å². The van der Waals surface area contributed by atoms with Gasteiger partial charge in [-0.1, -0.05) is 0 Å². The SMILES string of the molecule is CC(=O)NC(CSCc1cn2ccsc2n1)C(=O)O. The first-order valence-electron chi connectivity index (χ1n) is 5.55. The first-order chi connectivity index (χ1) is 9.06. The number of rotatable bonds is 6. The molecule has 2 heterocycles. The number of imidazole rings is 1. The maximum atomic E-state index is 10.9. The number of carbonyl (C=O) groups excluding carboxylic acids is 1. The summed E-state index contributed by atoms with van der Waals surface area (Å²) in [6.07, 6.45) is 3.85. The summed E-state index contributed by atoms with van der Waals surface area (Å²) in [6, 6.07) is -0.855. The minimum Gasteiger partial charge on any atom is -0.480 e. The molecule has 102 valence electrons. The fourth-order valence-corrected chi connectivity index (χ4v) is 3.19. The number of aliphatic carboxylic acids is 1. The molecule has 0 aliphatic rings. The van der Waals surface area contributed by atoms with Gasteiger partial charge in [-0.2, -0.15) is 11.8 Å². The van der Waals surface area contributed by atoms with Crippen molar-refractivity contribution in [2.45, 2.75) is 18.7 Å². The summed E-state index contributed by atoms with van der Waals surface area (Å²) < 4.78 is 1.93. The lowest BCUT2D eigenvalue weighted by Crippen LogP contribution is -2.41. The number of amides is 1. The lowest BCUT2D eigenvalue weighted by Gasteiger charge is -2.11. The zero-order valence-corrected chi connectivity index (χ0v) is 11.8. The van der Waals surface area contributed by atoms with Crippen LogP contribution in [0.3, 0.4) is 0 Å². The van der Waals surface area contributed by atoms with E-state index in [1.165, 1.54) is 18.7 Å². The molecule has 0 radical (unpaired) electrons. The Morgan fingerprint density at radius 3 is 3.05 bits per heavy atom. The van der Waals surface area contributed by atoms with E-state index in [2.05, 4.69) is 10.3 Å². The summed E-state index contributed by atoms with van der Waals surface area (Å²) in [7, 11) is 0. The molecule has 19 heavy (non-hydrogen) atoms. The predicted octanol–water partition coefficient (Wildman–Crippen LogP) is 1.22. The van der Waals surface area contributed by atoms with Crippen LogP contribution in [0.1, 0.15) is 12.6 Å². The molecule has 0 saturated heterocycles. The molecule has 8 heteroatoms. The molecule has 1 amide bonds. The monoisotopic (exact) mass is 299 g/mol. The molecule has 0 aromatic carbocycles. The van der Waals surface area contributed by atoms with E-state index < -0.39 is 12.0 Å². The van der Waals surface area contributed by atoms with Crippen molar-refractivity contribution < 1.29 is 14.7 Å². The van der Waals surface area contributed by atoms with Gasteiger partial charge >= 0.3 is 5.97 Å². The third kappa shape index (κ3) is 3.71. The maximum Gasteiger partial charge on any atom is 0.327 e. The number of hydrogen-bond donors (Lipinski definition) is 2. The van der Waals surface area contributed by atoms with Gasteiger partial charge in [0.1, 0.15) is 6.04 Å². The van der Waals surface area contributed by atoms with Crippen molar-refractivity contribution in [1.82, 2.24) is 14.7 Å². The minimum absolute atomic E-state index is 0.320. The third-order valence-corrected chi connectivity index (χ3v) is 4.19. The topological polar surface area (TPSA) is 83.7 Å². The molecule has 0 spiro atoms. The lowest BCUT2D eigenvalue weighted by atomic mass is 10.3. The van der Waals surface area contributed by atoms with E-state index in [1.54, 1.807) is 11.3 Å². The van der Waals surface area contributed by atoms with Crippen molar-refractivity contribution >= 4 is 39.9 Å². The Hall–Kier alpha value is -1.54. The van der Waals surface area contributed by atoms with Gasteiger partial charge in [0.2, 0.25) is 5.91 Å². The molecule has 0 aliphatic carbocycles. The molecule has 1 atom stereocenters. The molecule has 0 fully saturated rings. The summed E-state index contributed by atoms with van der Waals surface area (Å²) in [5.41, 5.74) is 0.906. The van der Waals surface area contributed by atoms with Gasteiger partial charge in [0, 0.05) is 36.2 Å². The van der Waals surface area contributed by atoms with E-state index in [0.717, 1.165) is 10.7 Å². The average molecular weight is 299 g/mol. The average Bonchev–Trinajstić information content (AvgIpc) is 2.87. The molecule has 1 unspecified atom stereocenters. The molecular formula is C11H13N3O3S2. The first-order valence-corrected chi connectivity index (χ1v) is 7.58. The van der Waals surface area contributed by atoms with E-state index in [0.29, 0.717) is 11.5 Å². The molecule has 0 aliphatic heterocycles. The predicted molar refractivity (Wildman–Crippen MR) is 74.5 cm³/mol. The molecule has 2 rings (SSSR count). The van der Waals surface area contributed by atoms with Crippen LogP contribution in [0.5, 0.6) is 0 Å². The summed E-state index contributed by atoms with van der Waals surface area (Å²) >= 11 is 2.99. The molecular weight excluding hydrogens is 286 g/mol. The normalized spacial score (nSPS) is 12.5.